The summed E-state index contributed by atoms with van der Waals surface area (Å²) in [6.07, 6.45) is 7.23. The highest BCUT2D eigenvalue weighted by Gasteiger charge is 2.44. The van der Waals surface area contributed by atoms with E-state index in [1.54, 1.807) is 0 Å². The summed E-state index contributed by atoms with van der Waals surface area (Å²) in [7, 11) is 0. The molecule has 2 heterocycles. The third-order valence-electron chi connectivity index (χ3n) is 5.79. The highest BCUT2D eigenvalue weighted by atomic mass is 32.2. The van der Waals surface area contributed by atoms with Crippen molar-refractivity contribution in [1.82, 2.24) is 4.90 Å². The fourth-order valence-electron chi connectivity index (χ4n) is 4.31. The van der Waals surface area contributed by atoms with Crippen molar-refractivity contribution in [2.24, 2.45) is 11.3 Å². The van der Waals surface area contributed by atoms with E-state index in [4.69, 9.17) is 4.74 Å². The van der Waals surface area contributed by atoms with Gasteiger partial charge < -0.3 is 9.64 Å². The van der Waals surface area contributed by atoms with Gasteiger partial charge in [0.25, 0.3) is 0 Å². The molecule has 3 fully saturated rings. The van der Waals surface area contributed by atoms with Crippen LogP contribution in [0.1, 0.15) is 52.4 Å². The van der Waals surface area contributed by atoms with Crippen molar-refractivity contribution >= 4 is 17.7 Å². The van der Waals surface area contributed by atoms with Crippen LogP contribution in [-0.4, -0.2) is 47.6 Å². The first-order valence-corrected chi connectivity index (χ1v) is 9.66. The number of carbonyl (C=O) groups excluding carboxylic acids is 1. The minimum atomic E-state index is -0.228. The molecule has 0 bridgehead atoms. The highest BCUT2D eigenvalue weighted by Crippen LogP contribution is 2.41. The third kappa shape index (κ3) is 3.12. The first-order chi connectivity index (χ1) is 10.1. The van der Waals surface area contributed by atoms with Crippen LogP contribution >= 0.6 is 11.8 Å². The number of amides is 1. The fraction of sp³-hybridized carbons (Fsp3) is 0.941. The number of ether oxygens (including phenoxy) is 1. The van der Waals surface area contributed by atoms with Crippen LogP contribution in [0, 0.1) is 11.3 Å². The predicted octanol–water partition coefficient (Wildman–Crippen LogP) is 3.33. The minimum absolute atomic E-state index is 0.228. The Morgan fingerprint density at radius 1 is 1.14 bits per heavy atom. The predicted molar refractivity (Wildman–Crippen MR) is 87.5 cm³/mol. The maximum absolute atomic E-state index is 13.2. The lowest BCUT2D eigenvalue weighted by Gasteiger charge is -2.48. The summed E-state index contributed by atoms with van der Waals surface area (Å²) in [6, 6.07) is 0.504. The van der Waals surface area contributed by atoms with Crippen molar-refractivity contribution in [3.63, 3.8) is 0 Å². The lowest BCUT2D eigenvalue weighted by Crippen LogP contribution is -2.56. The van der Waals surface area contributed by atoms with E-state index >= 15 is 0 Å². The van der Waals surface area contributed by atoms with Gasteiger partial charge in [0.1, 0.15) is 0 Å². The Labute approximate surface area is 133 Å². The average molecular weight is 311 g/mol. The molecule has 1 aliphatic carbocycles. The molecule has 2 aliphatic heterocycles. The van der Waals surface area contributed by atoms with Gasteiger partial charge in [0.05, 0.1) is 0 Å². The van der Waals surface area contributed by atoms with Crippen molar-refractivity contribution in [1.29, 1.82) is 0 Å². The maximum atomic E-state index is 13.2. The molecule has 3 rings (SSSR count). The zero-order valence-electron chi connectivity index (χ0n) is 13.5. The molecule has 1 saturated carbocycles. The average Bonchev–Trinajstić information content (AvgIpc) is 2.54. The number of fused-ring (bicyclic) bond motifs is 1. The first-order valence-electron chi connectivity index (χ1n) is 8.61. The van der Waals surface area contributed by atoms with Crippen molar-refractivity contribution in [3.8, 4) is 0 Å². The van der Waals surface area contributed by atoms with Gasteiger partial charge in [0.15, 0.2) is 0 Å². The molecule has 0 radical (unpaired) electrons. The van der Waals surface area contributed by atoms with Crippen LogP contribution in [-0.2, 0) is 9.53 Å². The molecule has 0 spiro atoms. The number of hydrogen-bond acceptors (Lipinski definition) is 3. The van der Waals surface area contributed by atoms with Crippen molar-refractivity contribution in [3.05, 3.63) is 0 Å². The standard InChI is InChI=1S/C17H29NO2S/c1-17(2,13-7-10-20-11-8-13)16(19)18-9-12-21-15-6-4-3-5-14(15)18/h13-15H,3-12H2,1-2H3/t14-,15+/m0/s1. The van der Waals surface area contributed by atoms with Crippen LogP contribution in [0.25, 0.3) is 0 Å². The summed E-state index contributed by atoms with van der Waals surface area (Å²) < 4.78 is 5.48. The summed E-state index contributed by atoms with van der Waals surface area (Å²) in [5.74, 6) is 2.01. The van der Waals surface area contributed by atoms with E-state index in [9.17, 15) is 4.79 Å². The molecule has 3 nitrogen and oxygen atoms in total. The van der Waals surface area contributed by atoms with Gasteiger partial charge in [0.2, 0.25) is 5.91 Å². The Balaban J connectivity index is 1.72. The summed E-state index contributed by atoms with van der Waals surface area (Å²) in [5, 5.41) is 0.696. The van der Waals surface area contributed by atoms with Crippen LogP contribution in [0.2, 0.25) is 0 Å². The van der Waals surface area contributed by atoms with Gasteiger partial charge >= 0.3 is 0 Å². The largest absolute Gasteiger partial charge is 0.381 e. The molecule has 4 heteroatoms. The maximum Gasteiger partial charge on any atom is 0.228 e. The number of thioether (sulfide) groups is 1. The van der Waals surface area contributed by atoms with E-state index in [0.29, 0.717) is 23.1 Å². The molecular weight excluding hydrogens is 282 g/mol. The van der Waals surface area contributed by atoms with Gasteiger partial charge in [0, 0.05) is 42.2 Å². The van der Waals surface area contributed by atoms with Gasteiger partial charge in [-0.05, 0) is 31.6 Å². The Morgan fingerprint density at radius 3 is 2.62 bits per heavy atom. The third-order valence-corrected chi connectivity index (χ3v) is 7.18. The van der Waals surface area contributed by atoms with E-state index in [1.807, 2.05) is 0 Å². The van der Waals surface area contributed by atoms with Crippen molar-refractivity contribution in [2.45, 2.75) is 63.7 Å². The Hall–Kier alpha value is -0.220. The van der Waals surface area contributed by atoms with Crippen LogP contribution in [0.15, 0.2) is 0 Å². The Morgan fingerprint density at radius 2 is 1.86 bits per heavy atom. The Kier molecular flexibility index (Phi) is 4.84. The number of rotatable bonds is 2. The van der Waals surface area contributed by atoms with E-state index in [-0.39, 0.29) is 5.41 Å². The molecule has 0 N–H and O–H groups in total. The SMILES string of the molecule is CC(C)(C(=O)N1CCS[C@@H]2CCCC[C@@H]21)C1CCOCC1. The van der Waals surface area contributed by atoms with Crippen LogP contribution in [0.4, 0.5) is 0 Å². The molecule has 0 aromatic heterocycles. The molecule has 21 heavy (non-hydrogen) atoms. The molecule has 3 aliphatic rings. The summed E-state index contributed by atoms with van der Waals surface area (Å²) in [4.78, 5) is 15.5. The lowest BCUT2D eigenvalue weighted by atomic mass is 9.73. The van der Waals surface area contributed by atoms with Gasteiger partial charge in [-0.3, -0.25) is 4.79 Å². The van der Waals surface area contributed by atoms with Gasteiger partial charge in [-0.2, -0.15) is 11.8 Å². The van der Waals surface area contributed by atoms with Gasteiger partial charge in [-0.1, -0.05) is 26.7 Å². The molecular formula is C17H29NO2S. The second-order valence-electron chi connectivity index (χ2n) is 7.37. The monoisotopic (exact) mass is 311 g/mol. The second-order valence-corrected chi connectivity index (χ2v) is 8.72. The number of carbonyl (C=O) groups is 1. The molecule has 1 amide bonds. The van der Waals surface area contributed by atoms with E-state index in [0.717, 1.165) is 38.4 Å². The zero-order chi connectivity index (χ0) is 14.9. The molecule has 2 atom stereocenters. The van der Waals surface area contributed by atoms with Crippen LogP contribution in [0.3, 0.4) is 0 Å². The Bertz CT molecular complexity index is 377. The van der Waals surface area contributed by atoms with E-state index in [2.05, 4.69) is 30.5 Å². The van der Waals surface area contributed by atoms with Crippen molar-refractivity contribution < 1.29 is 9.53 Å². The van der Waals surface area contributed by atoms with Crippen molar-refractivity contribution in [2.75, 3.05) is 25.5 Å². The minimum Gasteiger partial charge on any atom is -0.381 e. The fourth-order valence-corrected chi connectivity index (χ4v) is 5.76. The topological polar surface area (TPSA) is 29.5 Å². The van der Waals surface area contributed by atoms with Crippen LogP contribution < -0.4 is 0 Å². The normalized spacial score (nSPS) is 31.8. The van der Waals surface area contributed by atoms with Gasteiger partial charge in [-0.15, -0.1) is 0 Å². The summed E-state index contributed by atoms with van der Waals surface area (Å²) >= 11 is 2.10. The van der Waals surface area contributed by atoms with Gasteiger partial charge in [-0.25, -0.2) is 0 Å². The molecule has 2 saturated heterocycles. The molecule has 0 aromatic carbocycles. The van der Waals surface area contributed by atoms with E-state index in [1.165, 1.54) is 25.7 Å². The molecule has 0 aromatic rings. The smallest absolute Gasteiger partial charge is 0.228 e. The quantitative estimate of drug-likeness (QED) is 0.783. The summed E-state index contributed by atoms with van der Waals surface area (Å²) in [5.41, 5.74) is -0.228. The van der Waals surface area contributed by atoms with Crippen LogP contribution in [0.5, 0.6) is 0 Å². The van der Waals surface area contributed by atoms with E-state index < -0.39 is 0 Å². The summed E-state index contributed by atoms with van der Waals surface area (Å²) in [6.45, 7) is 6.94. The first kappa shape index (κ1) is 15.7. The number of nitrogens with zero attached hydrogens (tertiary/aromatic N) is 1. The number of hydrogen-bond donors (Lipinski definition) is 0. The lowest BCUT2D eigenvalue weighted by molar-refractivity contribution is -0.148. The highest BCUT2D eigenvalue weighted by molar-refractivity contribution is 8.00. The zero-order valence-corrected chi connectivity index (χ0v) is 14.3. The second kappa shape index (κ2) is 6.49. The molecule has 120 valence electrons. The molecule has 0 unspecified atom stereocenters.